The SMILES string of the molecule is CNC(C)C(C)COC(C)C(C)CCOC(C)C. The Morgan fingerprint density at radius 1 is 0.889 bits per heavy atom. The van der Waals surface area contributed by atoms with Crippen molar-refractivity contribution in [3.63, 3.8) is 0 Å². The van der Waals surface area contributed by atoms with Gasteiger partial charge in [-0.2, -0.15) is 0 Å². The molecule has 0 aromatic carbocycles. The molecule has 4 unspecified atom stereocenters. The number of nitrogens with one attached hydrogen (secondary N) is 1. The van der Waals surface area contributed by atoms with E-state index in [4.69, 9.17) is 9.47 Å². The molecule has 0 rings (SSSR count). The molecule has 18 heavy (non-hydrogen) atoms. The molecule has 3 heteroatoms. The van der Waals surface area contributed by atoms with Gasteiger partial charge in [0.2, 0.25) is 0 Å². The summed E-state index contributed by atoms with van der Waals surface area (Å²) in [5, 5.41) is 3.26. The molecular weight excluding hydrogens is 226 g/mol. The van der Waals surface area contributed by atoms with Gasteiger partial charge in [-0.1, -0.05) is 13.8 Å². The molecule has 0 saturated heterocycles. The molecule has 0 aliphatic carbocycles. The number of hydrogen-bond donors (Lipinski definition) is 1. The zero-order valence-electron chi connectivity index (χ0n) is 13.3. The summed E-state index contributed by atoms with van der Waals surface area (Å²) in [4.78, 5) is 0. The van der Waals surface area contributed by atoms with Crippen LogP contribution in [-0.4, -0.2) is 38.5 Å². The van der Waals surface area contributed by atoms with Gasteiger partial charge in [0.1, 0.15) is 0 Å². The predicted molar refractivity (Wildman–Crippen MR) is 78.0 cm³/mol. The molecule has 0 radical (unpaired) electrons. The Morgan fingerprint density at radius 3 is 2.00 bits per heavy atom. The summed E-state index contributed by atoms with van der Waals surface area (Å²) < 4.78 is 11.5. The first kappa shape index (κ1) is 17.9. The van der Waals surface area contributed by atoms with Crippen LogP contribution in [0.25, 0.3) is 0 Å². The number of rotatable bonds is 10. The maximum Gasteiger partial charge on any atom is 0.0573 e. The predicted octanol–water partition coefficient (Wildman–Crippen LogP) is 3.09. The second-order valence-electron chi connectivity index (χ2n) is 5.78. The number of ether oxygens (including phenoxy) is 2. The standard InChI is InChI=1S/C15H33NO2/c1-11(2)17-9-8-12(3)15(6)18-10-13(4)14(5)16-7/h11-16H,8-10H2,1-7H3. The van der Waals surface area contributed by atoms with Crippen LogP contribution in [0, 0.1) is 11.8 Å². The van der Waals surface area contributed by atoms with E-state index in [2.05, 4.69) is 46.9 Å². The van der Waals surface area contributed by atoms with Crippen molar-refractivity contribution in [3.8, 4) is 0 Å². The van der Waals surface area contributed by atoms with E-state index < -0.39 is 0 Å². The van der Waals surface area contributed by atoms with E-state index in [0.717, 1.165) is 19.6 Å². The lowest BCUT2D eigenvalue weighted by molar-refractivity contribution is -0.00793. The van der Waals surface area contributed by atoms with Gasteiger partial charge in [0.25, 0.3) is 0 Å². The highest BCUT2D eigenvalue weighted by atomic mass is 16.5. The summed E-state index contributed by atoms with van der Waals surface area (Å²) in [7, 11) is 2.00. The zero-order chi connectivity index (χ0) is 14.1. The lowest BCUT2D eigenvalue weighted by atomic mass is 10.0. The van der Waals surface area contributed by atoms with Gasteiger partial charge >= 0.3 is 0 Å². The van der Waals surface area contributed by atoms with Crippen molar-refractivity contribution < 1.29 is 9.47 Å². The van der Waals surface area contributed by atoms with Crippen LogP contribution >= 0.6 is 0 Å². The first-order chi connectivity index (χ1) is 8.38. The maximum absolute atomic E-state index is 5.95. The molecule has 4 atom stereocenters. The highest BCUT2D eigenvalue weighted by molar-refractivity contribution is 4.68. The Hall–Kier alpha value is -0.120. The first-order valence-corrected chi connectivity index (χ1v) is 7.28. The normalized spacial score (nSPS) is 18.7. The minimum atomic E-state index is 0.298. The van der Waals surface area contributed by atoms with Crippen LogP contribution in [0.5, 0.6) is 0 Å². The average molecular weight is 259 g/mol. The third kappa shape index (κ3) is 8.06. The lowest BCUT2D eigenvalue weighted by Gasteiger charge is -2.25. The van der Waals surface area contributed by atoms with Crippen molar-refractivity contribution in [1.82, 2.24) is 5.32 Å². The van der Waals surface area contributed by atoms with E-state index in [9.17, 15) is 0 Å². The van der Waals surface area contributed by atoms with Gasteiger partial charge in [-0.3, -0.25) is 0 Å². The molecule has 0 heterocycles. The second-order valence-corrected chi connectivity index (χ2v) is 5.78. The summed E-state index contributed by atoms with van der Waals surface area (Å²) >= 11 is 0. The fraction of sp³-hybridized carbons (Fsp3) is 1.00. The highest BCUT2D eigenvalue weighted by Gasteiger charge is 2.16. The molecular formula is C15H33NO2. The van der Waals surface area contributed by atoms with Crippen LogP contribution in [0.1, 0.15) is 48.0 Å². The van der Waals surface area contributed by atoms with Gasteiger partial charge in [-0.05, 0) is 53.0 Å². The van der Waals surface area contributed by atoms with Crippen molar-refractivity contribution in [2.45, 2.75) is 66.2 Å². The van der Waals surface area contributed by atoms with Crippen molar-refractivity contribution in [2.75, 3.05) is 20.3 Å². The monoisotopic (exact) mass is 259 g/mol. The van der Waals surface area contributed by atoms with E-state index in [-0.39, 0.29) is 0 Å². The molecule has 3 nitrogen and oxygen atoms in total. The van der Waals surface area contributed by atoms with Crippen LogP contribution < -0.4 is 5.32 Å². The van der Waals surface area contributed by atoms with Gasteiger partial charge < -0.3 is 14.8 Å². The van der Waals surface area contributed by atoms with Crippen LogP contribution in [0.2, 0.25) is 0 Å². The third-order valence-electron chi connectivity index (χ3n) is 3.76. The Balaban J connectivity index is 3.76. The van der Waals surface area contributed by atoms with Crippen molar-refractivity contribution in [3.05, 3.63) is 0 Å². The molecule has 0 aromatic heterocycles. The molecule has 0 aliphatic heterocycles. The second kappa shape index (κ2) is 9.76. The topological polar surface area (TPSA) is 30.5 Å². The van der Waals surface area contributed by atoms with E-state index in [1.54, 1.807) is 0 Å². The molecule has 0 aromatic rings. The minimum absolute atomic E-state index is 0.298. The molecule has 0 aliphatic rings. The van der Waals surface area contributed by atoms with Crippen LogP contribution in [0.3, 0.4) is 0 Å². The van der Waals surface area contributed by atoms with Gasteiger partial charge in [0.05, 0.1) is 18.8 Å². The maximum atomic E-state index is 5.95. The van der Waals surface area contributed by atoms with E-state index in [1.807, 2.05) is 7.05 Å². The molecule has 0 spiro atoms. The molecule has 0 amide bonds. The van der Waals surface area contributed by atoms with Crippen LogP contribution in [-0.2, 0) is 9.47 Å². The van der Waals surface area contributed by atoms with Crippen molar-refractivity contribution in [2.24, 2.45) is 11.8 Å². The van der Waals surface area contributed by atoms with Gasteiger partial charge in [0.15, 0.2) is 0 Å². The molecule has 0 bridgehead atoms. The molecule has 1 N–H and O–H groups in total. The van der Waals surface area contributed by atoms with Gasteiger partial charge in [-0.25, -0.2) is 0 Å². The van der Waals surface area contributed by atoms with Gasteiger partial charge in [-0.15, -0.1) is 0 Å². The number of hydrogen-bond acceptors (Lipinski definition) is 3. The minimum Gasteiger partial charge on any atom is -0.379 e. The van der Waals surface area contributed by atoms with Crippen LogP contribution in [0.4, 0.5) is 0 Å². The van der Waals surface area contributed by atoms with Crippen molar-refractivity contribution in [1.29, 1.82) is 0 Å². The van der Waals surface area contributed by atoms with Gasteiger partial charge in [0, 0.05) is 12.6 Å². The van der Waals surface area contributed by atoms with E-state index >= 15 is 0 Å². The Labute approximate surface area is 114 Å². The van der Waals surface area contributed by atoms with Crippen LogP contribution in [0.15, 0.2) is 0 Å². The smallest absolute Gasteiger partial charge is 0.0573 e. The Kier molecular flexibility index (Phi) is 9.70. The lowest BCUT2D eigenvalue weighted by Crippen LogP contribution is -2.33. The molecule has 0 saturated carbocycles. The first-order valence-electron chi connectivity index (χ1n) is 7.28. The summed E-state index contributed by atoms with van der Waals surface area (Å²) in [6.45, 7) is 14.6. The fourth-order valence-electron chi connectivity index (χ4n) is 1.62. The van der Waals surface area contributed by atoms with E-state index in [1.165, 1.54) is 0 Å². The zero-order valence-corrected chi connectivity index (χ0v) is 13.3. The third-order valence-corrected chi connectivity index (χ3v) is 3.76. The largest absolute Gasteiger partial charge is 0.379 e. The molecule has 0 fully saturated rings. The quantitative estimate of drug-likeness (QED) is 0.654. The summed E-state index contributed by atoms with van der Waals surface area (Å²) in [6.07, 6.45) is 1.69. The Morgan fingerprint density at radius 2 is 1.50 bits per heavy atom. The van der Waals surface area contributed by atoms with Crippen molar-refractivity contribution >= 4 is 0 Å². The summed E-state index contributed by atoms with van der Waals surface area (Å²) in [6, 6.07) is 0.497. The highest BCUT2D eigenvalue weighted by Crippen LogP contribution is 2.14. The summed E-state index contributed by atoms with van der Waals surface area (Å²) in [5.41, 5.74) is 0. The van der Waals surface area contributed by atoms with E-state index in [0.29, 0.717) is 30.1 Å². The fourth-order valence-corrected chi connectivity index (χ4v) is 1.62. The summed E-state index contributed by atoms with van der Waals surface area (Å²) in [5.74, 6) is 1.08. The average Bonchev–Trinajstić information content (AvgIpc) is 2.33. The molecule has 110 valence electrons. The Bertz CT molecular complexity index is 197.